The van der Waals surface area contributed by atoms with Crippen molar-refractivity contribution in [3.63, 3.8) is 0 Å². The summed E-state index contributed by atoms with van der Waals surface area (Å²) in [5, 5.41) is 3.18. The van der Waals surface area contributed by atoms with Crippen molar-refractivity contribution in [3.05, 3.63) is 38.8 Å². The average molecular weight is 390 g/mol. The monoisotopic (exact) mass is 389 g/mol. The zero-order chi connectivity index (χ0) is 15.5. The van der Waals surface area contributed by atoms with Crippen molar-refractivity contribution in [1.29, 1.82) is 0 Å². The van der Waals surface area contributed by atoms with Crippen LogP contribution in [0, 0.1) is 6.92 Å². The molecule has 0 fully saturated rings. The van der Waals surface area contributed by atoms with Crippen LogP contribution in [0.2, 0.25) is 0 Å². The Bertz CT molecular complexity index is 729. The van der Waals surface area contributed by atoms with E-state index in [-0.39, 0.29) is 4.90 Å². The summed E-state index contributed by atoms with van der Waals surface area (Å²) in [5.74, 6) is 0. The van der Waals surface area contributed by atoms with Crippen molar-refractivity contribution < 1.29 is 8.42 Å². The number of aromatic nitrogens is 1. The smallest absolute Gasteiger partial charge is 0.263 e. The normalized spacial score (nSPS) is 11.6. The number of halogens is 1. The topological polar surface area (TPSA) is 71.1 Å². The Morgan fingerprint density at radius 2 is 2.19 bits per heavy atom. The molecule has 21 heavy (non-hydrogen) atoms. The molecule has 0 unspecified atom stereocenters. The molecule has 0 saturated carbocycles. The predicted molar refractivity (Wildman–Crippen MR) is 89.2 cm³/mol. The van der Waals surface area contributed by atoms with E-state index >= 15 is 0 Å². The lowest BCUT2D eigenvalue weighted by molar-refractivity contribution is 0.601. The molecule has 2 aromatic heterocycles. The van der Waals surface area contributed by atoms with Gasteiger partial charge in [-0.05, 0) is 47.6 Å². The van der Waals surface area contributed by atoms with Crippen LogP contribution in [0.4, 0.5) is 5.69 Å². The minimum atomic E-state index is -3.62. The third kappa shape index (κ3) is 4.03. The molecule has 0 saturated heterocycles. The highest BCUT2D eigenvalue weighted by Gasteiger charge is 2.21. The van der Waals surface area contributed by atoms with Crippen molar-refractivity contribution in [3.8, 4) is 0 Å². The number of hydrogen-bond acceptors (Lipinski definition) is 5. The lowest BCUT2D eigenvalue weighted by atomic mass is 10.3. The van der Waals surface area contributed by atoms with Gasteiger partial charge in [-0.2, -0.15) is 0 Å². The summed E-state index contributed by atoms with van der Waals surface area (Å²) in [7, 11) is -3.62. The molecular weight excluding hydrogens is 374 g/mol. The molecule has 0 amide bonds. The van der Waals surface area contributed by atoms with Crippen LogP contribution < -0.4 is 10.0 Å². The van der Waals surface area contributed by atoms with Gasteiger partial charge in [0.2, 0.25) is 0 Å². The third-order valence-electron chi connectivity index (χ3n) is 2.80. The van der Waals surface area contributed by atoms with Gasteiger partial charge < -0.3 is 5.32 Å². The minimum absolute atomic E-state index is 0.253. The van der Waals surface area contributed by atoms with Crippen LogP contribution in [0.25, 0.3) is 0 Å². The summed E-state index contributed by atoms with van der Waals surface area (Å²) in [6.45, 7) is 5.26. The fraction of sp³-hybridized carbons (Fsp3) is 0.308. The summed E-state index contributed by atoms with van der Waals surface area (Å²) >= 11 is 4.75. The molecule has 0 aliphatic carbocycles. The van der Waals surface area contributed by atoms with Crippen molar-refractivity contribution in [1.82, 2.24) is 10.3 Å². The van der Waals surface area contributed by atoms with Crippen LogP contribution in [-0.4, -0.2) is 19.9 Å². The van der Waals surface area contributed by atoms with E-state index in [0.717, 1.165) is 11.4 Å². The molecule has 114 valence electrons. The highest BCUT2D eigenvalue weighted by Crippen LogP contribution is 2.33. The van der Waals surface area contributed by atoms with Gasteiger partial charge in [-0.1, -0.05) is 6.92 Å². The van der Waals surface area contributed by atoms with Crippen molar-refractivity contribution in [2.45, 2.75) is 25.3 Å². The van der Waals surface area contributed by atoms with E-state index in [4.69, 9.17) is 0 Å². The Morgan fingerprint density at radius 3 is 2.86 bits per heavy atom. The van der Waals surface area contributed by atoms with Crippen LogP contribution in [0.3, 0.4) is 0 Å². The zero-order valence-corrected chi connectivity index (χ0v) is 14.9. The van der Waals surface area contributed by atoms with Crippen molar-refractivity contribution in [2.75, 3.05) is 11.3 Å². The van der Waals surface area contributed by atoms with Gasteiger partial charge in [0, 0.05) is 17.6 Å². The summed E-state index contributed by atoms with van der Waals surface area (Å²) in [6, 6.07) is 5.08. The second-order valence-electron chi connectivity index (χ2n) is 4.37. The van der Waals surface area contributed by atoms with Crippen LogP contribution in [0.1, 0.15) is 17.5 Å². The van der Waals surface area contributed by atoms with E-state index in [1.54, 1.807) is 31.3 Å². The van der Waals surface area contributed by atoms with Gasteiger partial charge in [-0.15, -0.1) is 11.3 Å². The van der Waals surface area contributed by atoms with Crippen LogP contribution in [-0.2, 0) is 16.6 Å². The molecule has 0 aliphatic heterocycles. The highest BCUT2D eigenvalue weighted by atomic mass is 79.9. The first kappa shape index (κ1) is 16.4. The minimum Gasteiger partial charge on any atom is -0.312 e. The molecule has 0 aromatic carbocycles. The summed E-state index contributed by atoms with van der Waals surface area (Å²) < 4.78 is 28.1. The van der Waals surface area contributed by atoms with E-state index in [2.05, 4.69) is 31.0 Å². The maximum absolute atomic E-state index is 12.5. The Morgan fingerprint density at radius 1 is 1.43 bits per heavy atom. The van der Waals surface area contributed by atoms with Gasteiger partial charge in [0.05, 0.1) is 15.2 Å². The first-order valence-electron chi connectivity index (χ1n) is 6.37. The molecule has 0 spiro atoms. The predicted octanol–water partition coefficient (Wildman–Crippen LogP) is 3.12. The Labute approximate surface area is 137 Å². The highest BCUT2D eigenvalue weighted by molar-refractivity contribution is 9.11. The molecule has 0 atom stereocenters. The number of aryl methyl sites for hydroxylation is 1. The molecule has 2 rings (SSSR count). The molecule has 0 aliphatic rings. The Kier molecular flexibility index (Phi) is 5.37. The number of sulfonamides is 1. The largest absolute Gasteiger partial charge is 0.312 e. The number of anilines is 1. The second kappa shape index (κ2) is 6.87. The molecule has 2 aromatic rings. The quantitative estimate of drug-likeness (QED) is 0.795. The number of nitrogens with zero attached hydrogens (tertiary/aromatic N) is 1. The number of thiophene rings is 1. The Hall–Kier alpha value is -0.960. The van der Waals surface area contributed by atoms with E-state index in [1.165, 1.54) is 11.3 Å². The molecular formula is C13H16BrN3O2S2. The summed E-state index contributed by atoms with van der Waals surface area (Å²) in [6.07, 6.45) is 1.63. The molecule has 2 N–H and O–H groups in total. The number of pyridine rings is 1. The Balaban J connectivity index is 2.27. The van der Waals surface area contributed by atoms with Gasteiger partial charge >= 0.3 is 0 Å². The number of hydrogen-bond donors (Lipinski definition) is 2. The van der Waals surface area contributed by atoms with Crippen LogP contribution in [0.5, 0.6) is 0 Å². The summed E-state index contributed by atoms with van der Waals surface area (Å²) in [5.41, 5.74) is 1.13. The van der Waals surface area contributed by atoms with E-state index in [1.807, 2.05) is 6.92 Å². The molecule has 2 heterocycles. The van der Waals surface area contributed by atoms with E-state index in [0.29, 0.717) is 21.7 Å². The van der Waals surface area contributed by atoms with E-state index in [9.17, 15) is 8.42 Å². The van der Waals surface area contributed by atoms with Gasteiger partial charge in [-0.25, -0.2) is 8.42 Å². The molecule has 0 bridgehead atoms. The van der Waals surface area contributed by atoms with Gasteiger partial charge in [0.1, 0.15) is 4.90 Å². The SMILES string of the molecule is CCNCc1cc(S(=O)(=O)Nc2cccnc2C)c(Br)s1. The fourth-order valence-corrected chi connectivity index (χ4v) is 5.48. The van der Waals surface area contributed by atoms with Crippen LogP contribution in [0.15, 0.2) is 33.1 Å². The molecule has 8 heteroatoms. The maximum Gasteiger partial charge on any atom is 0.263 e. The second-order valence-corrected chi connectivity index (χ2v) is 8.48. The number of nitrogens with one attached hydrogen (secondary N) is 2. The first-order valence-corrected chi connectivity index (χ1v) is 9.46. The standard InChI is InChI=1S/C13H16BrN3O2S2/c1-3-15-8-10-7-12(13(14)20-10)21(18,19)17-11-5-4-6-16-9(11)2/h4-7,15,17H,3,8H2,1-2H3. The molecule has 5 nitrogen and oxygen atoms in total. The first-order chi connectivity index (χ1) is 9.94. The van der Waals surface area contributed by atoms with E-state index < -0.39 is 10.0 Å². The third-order valence-corrected chi connectivity index (χ3v) is 6.41. The number of rotatable bonds is 6. The lowest BCUT2D eigenvalue weighted by Gasteiger charge is -2.08. The fourth-order valence-electron chi connectivity index (χ4n) is 1.71. The average Bonchev–Trinajstić information content (AvgIpc) is 2.81. The zero-order valence-electron chi connectivity index (χ0n) is 11.7. The van der Waals surface area contributed by atoms with Gasteiger partial charge in [-0.3, -0.25) is 9.71 Å². The van der Waals surface area contributed by atoms with Crippen LogP contribution >= 0.6 is 27.3 Å². The van der Waals surface area contributed by atoms with Crippen molar-refractivity contribution >= 4 is 43.0 Å². The molecule has 0 radical (unpaired) electrons. The van der Waals surface area contributed by atoms with Gasteiger partial charge in [0.15, 0.2) is 0 Å². The van der Waals surface area contributed by atoms with Gasteiger partial charge in [0.25, 0.3) is 10.0 Å². The summed E-state index contributed by atoms with van der Waals surface area (Å²) in [4.78, 5) is 5.30. The maximum atomic E-state index is 12.5. The van der Waals surface area contributed by atoms with Crippen molar-refractivity contribution in [2.24, 2.45) is 0 Å². The lowest BCUT2D eigenvalue weighted by Crippen LogP contribution is -2.14.